The normalized spacial score (nSPS) is 18.5. The van der Waals surface area contributed by atoms with E-state index in [0.717, 1.165) is 36.5 Å². The van der Waals surface area contributed by atoms with E-state index in [2.05, 4.69) is 23.2 Å². The molecule has 2 aromatic carbocycles. The summed E-state index contributed by atoms with van der Waals surface area (Å²) in [5.74, 6) is 0.898. The highest BCUT2D eigenvalue weighted by Gasteiger charge is 2.25. The average Bonchev–Trinajstić information content (AvgIpc) is 3.16. The van der Waals surface area contributed by atoms with Crippen molar-refractivity contribution in [2.45, 2.75) is 30.3 Å². The summed E-state index contributed by atoms with van der Waals surface area (Å²) in [6.07, 6.45) is 1.04. The van der Waals surface area contributed by atoms with Gasteiger partial charge in [0.25, 0.3) is 0 Å². The second kappa shape index (κ2) is 8.51. The number of hydrogen-bond acceptors (Lipinski definition) is 5. The molecule has 152 valence electrons. The molecular weight excluding hydrogens is 374 g/mol. The van der Waals surface area contributed by atoms with Crippen LogP contribution in [0.15, 0.2) is 53.4 Å². The van der Waals surface area contributed by atoms with Crippen LogP contribution in [0.5, 0.6) is 5.75 Å². The van der Waals surface area contributed by atoms with Crippen molar-refractivity contribution in [2.24, 2.45) is 0 Å². The number of anilines is 1. The first-order valence-electron chi connectivity index (χ1n) is 9.49. The molecule has 2 atom stereocenters. The number of nitrogens with zero attached hydrogens (tertiary/aromatic N) is 2. The highest BCUT2D eigenvalue weighted by atomic mass is 32.2. The second-order valence-corrected chi connectivity index (χ2v) is 9.50. The molecule has 0 aliphatic carbocycles. The lowest BCUT2D eigenvalue weighted by Gasteiger charge is -2.23. The zero-order valence-corrected chi connectivity index (χ0v) is 17.7. The topological polar surface area (TPSA) is 61.9 Å². The molecule has 28 heavy (non-hydrogen) atoms. The largest absolute Gasteiger partial charge is 0.496 e. The fourth-order valence-corrected chi connectivity index (χ4v) is 4.54. The summed E-state index contributed by atoms with van der Waals surface area (Å²) in [6.45, 7) is 3.98. The van der Waals surface area contributed by atoms with Gasteiger partial charge in [0.15, 0.2) is 0 Å². The molecule has 1 N–H and O–H groups in total. The first kappa shape index (κ1) is 20.6. The maximum Gasteiger partial charge on any atom is 0.242 e. The number of rotatable bonds is 7. The minimum atomic E-state index is -3.39. The van der Waals surface area contributed by atoms with Crippen molar-refractivity contribution in [3.63, 3.8) is 0 Å². The van der Waals surface area contributed by atoms with Crippen LogP contribution in [-0.2, 0) is 10.0 Å². The van der Waals surface area contributed by atoms with Gasteiger partial charge in [0, 0.05) is 50.5 Å². The van der Waals surface area contributed by atoms with Gasteiger partial charge in [-0.15, -0.1) is 0 Å². The summed E-state index contributed by atoms with van der Waals surface area (Å²) in [7, 11) is 1.40. The zero-order chi connectivity index (χ0) is 20.3. The van der Waals surface area contributed by atoms with Crippen LogP contribution < -0.4 is 15.0 Å². The van der Waals surface area contributed by atoms with Gasteiger partial charge in [0.05, 0.1) is 12.0 Å². The van der Waals surface area contributed by atoms with Crippen LogP contribution in [0.3, 0.4) is 0 Å². The van der Waals surface area contributed by atoms with Crippen LogP contribution in [0.2, 0.25) is 0 Å². The van der Waals surface area contributed by atoms with E-state index < -0.39 is 10.0 Å². The lowest BCUT2D eigenvalue weighted by atomic mass is 10.1. The Kier molecular flexibility index (Phi) is 6.27. The second-order valence-electron chi connectivity index (χ2n) is 7.34. The molecule has 6 nitrogen and oxygen atoms in total. The van der Waals surface area contributed by atoms with Crippen molar-refractivity contribution in [2.75, 3.05) is 39.2 Å². The predicted octanol–water partition coefficient (Wildman–Crippen LogP) is 2.88. The standard InChI is InChI=1S/C21H29N3O3S/c1-16(20-7-5-6-8-21(20)27-4)22-17-13-14-24(15-17)18-9-11-19(12-10-18)28(25,26)23(2)3/h5-12,16-17,22H,13-15H2,1-4H3/t16-,17-/m0/s1. The van der Waals surface area contributed by atoms with E-state index in [1.54, 1.807) is 33.3 Å². The Morgan fingerprint density at radius 3 is 2.46 bits per heavy atom. The van der Waals surface area contributed by atoms with E-state index >= 15 is 0 Å². The van der Waals surface area contributed by atoms with Crippen molar-refractivity contribution < 1.29 is 13.2 Å². The van der Waals surface area contributed by atoms with E-state index in [1.807, 2.05) is 30.3 Å². The molecule has 2 aromatic rings. The highest BCUT2D eigenvalue weighted by Crippen LogP contribution is 2.27. The quantitative estimate of drug-likeness (QED) is 0.770. The lowest BCUT2D eigenvalue weighted by Crippen LogP contribution is -2.34. The first-order chi connectivity index (χ1) is 13.3. The molecule has 0 amide bonds. The Morgan fingerprint density at radius 2 is 1.82 bits per heavy atom. The maximum absolute atomic E-state index is 12.2. The van der Waals surface area contributed by atoms with Crippen LogP contribution in [0.25, 0.3) is 0 Å². The average molecular weight is 404 g/mol. The van der Waals surface area contributed by atoms with E-state index in [0.29, 0.717) is 10.9 Å². The molecule has 1 fully saturated rings. The number of ether oxygens (including phenoxy) is 1. The van der Waals surface area contributed by atoms with E-state index in [9.17, 15) is 8.42 Å². The number of methoxy groups -OCH3 is 1. The number of hydrogen-bond donors (Lipinski definition) is 1. The van der Waals surface area contributed by atoms with Gasteiger partial charge in [0.2, 0.25) is 10.0 Å². The van der Waals surface area contributed by atoms with E-state index in [4.69, 9.17) is 4.74 Å². The van der Waals surface area contributed by atoms with E-state index in [1.165, 1.54) is 4.31 Å². The summed E-state index contributed by atoms with van der Waals surface area (Å²) in [6, 6.07) is 15.8. The third-order valence-corrected chi connectivity index (χ3v) is 7.09. The smallest absolute Gasteiger partial charge is 0.242 e. The summed E-state index contributed by atoms with van der Waals surface area (Å²) < 4.78 is 31.1. The summed E-state index contributed by atoms with van der Waals surface area (Å²) in [5, 5.41) is 3.70. The summed E-state index contributed by atoms with van der Waals surface area (Å²) in [5.41, 5.74) is 2.20. The van der Waals surface area contributed by atoms with Crippen molar-refractivity contribution in [3.05, 3.63) is 54.1 Å². The molecule has 0 bridgehead atoms. The minimum Gasteiger partial charge on any atom is -0.496 e. The molecular formula is C21H29N3O3S. The van der Waals surface area contributed by atoms with Gasteiger partial charge in [-0.2, -0.15) is 0 Å². The Labute approximate surface area is 168 Å². The molecule has 1 aliphatic heterocycles. The van der Waals surface area contributed by atoms with Crippen LogP contribution >= 0.6 is 0 Å². The van der Waals surface area contributed by atoms with Gasteiger partial charge in [0.1, 0.15) is 5.75 Å². The van der Waals surface area contributed by atoms with Crippen LogP contribution in [0.1, 0.15) is 24.9 Å². The fraction of sp³-hybridized carbons (Fsp3) is 0.429. The van der Waals surface area contributed by atoms with Crippen molar-refractivity contribution in [1.29, 1.82) is 0 Å². The van der Waals surface area contributed by atoms with Crippen molar-refractivity contribution in [1.82, 2.24) is 9.62 Å². The van der Waals surface area contributed by atoms with Crippen molar-refractivity contribution >= 4 is 15.7 Å². The van der Waals surface area contributed by atoms with Gasteiger partial charge in [-0.3, -0.25) is 0 Å². The zero-order valence-electron chi connectivity index (χ0n) is 16.9. The third-order valence-electron chi connectivity index (χ3n) is 5.26. The maximum atomic E-state index is 12.2. The van der Waals surface area contributed by atoms with Crippen LogP contribution in [0.4, 0.5) is 5.69 Å². The van der Waals surface area contributed by atoms with Crippen LogP contribution in [-0.4, -0.2) is 53.1 Å². The predicted molar refractivity (Wildman–Crippen MR) is 112 cm³/mol. The third kappa shape index (κ3) is 4.32. The van der Waals surface area contributed by atoms with Gasteiger partial charge >= 0.3 is 0 Å². The van der Waals surface area contributed by atoms with Gasteiger partial charge in [-0.05, 0) is 43.7 Å². The first-order valence-corrected chi connectivity index (χ1v) is 10.9. The van der Waals surface area contributed by atoms with Crippen LogP contribution in [0, 0.1) is 0 Å². The van der Waals surface area contributed by atoms with Gasteiger partial charge < -0.3 is 15.0 Å². The molecule has 3 rings (SSSR count). The number of sulfonamides is 1. The molecule has 1 aliphatic rings. The van der Waals surface area contributed by atoms with Crippen molar-refractivity contribution in [3.8, 4) is 5.75 Å². The highest BCUT2D eigenvalue weighted by molar-refractivity contribution is 7.89. The number of nitrogens with one attached hydrogen (secondary N) is 1. The number of para-hydroxylation sites is 1. The summed E-state index contributed by atoms with van der Waals surface area (Å²) in [4.78, 5) is 2.61. The molecule has 0 unspecified atom stereocenters. The Hall–Kier alpha value is -2.09. The molecule has 7 heteroatoms. The molecule has 0 radical (unpaired) electrons. The number of benzene rings is 2. The van der Waals surface area contributed by atoms with Gasteiger partial charge in [-0.25, -0.2) is 12.7 Å². The Morgan fingerprint density at radius 1 is 1.14 bits per heavy atom. The minimum absolute atomic E-state index is 0.189. The molecule has 0 spiro atoms. The summed E-state index contributed by atoms with van der Waals surface area (Å²) >= 11 is 0. The van der Waals surface area contributed by atoms with Gasteiger partial charge in [-0.1, -0.05) is 18.2 Å². The lowest BCUT2D eigenvalue weighted by molar-refractivity contribution is 0.395. The SMILES string of the molecule is COc1ccccc1[C@H](C)N[C@H]1CCN(c2ccc(S(=O)(=O)N(C)C)cc2)C1. The molecule has 1 saturated heterocycles. The monoisotopic (exact) mass is 403 g/mol. The molecule has 0 aromatic heterocycles. The molecule has 0 saturated carbocycles. The van der Waals surface area contributed by atoms with E-state index in [-0.39, 0.29) is 6.04 Å². The Bertz CT molecular complexity index is 897. The fourth-order valence-electron chi connectivity index (χ4n) is 3.64. The Balaban J connectivity index is 1.64. The molecule has 1 heterocycles.